The average molecular weight is 455 g/mol. The quantitative estimate of drug-likeness (QED) is 0.606. The standard InChI is InChI=1S/C24H20F3N3O3/c25-24(26,27)17-4-5-21-18(13-17)20(31)14-23(33-21)7-10-30(11-8-23)22(32)16-3-1-2-15(12-16)19-6-9-28-29-19/h1-6,9,12-13H,7-8,10-11,14H2,(H,28,29). The number of carbonyl (C=O) groups excluding carboxylic acids is 2. The molecule has 33 heavy (non-hydrogen) atoms. The number of aromatic nitrogens is 2. The molecule has 6 nitrogen and oxygen atoms in total. The van der Waals surface area contributed by atoms with Crippen LogP contribution in [0.5, 0.6) is 5.75 Å². The summed E-state index contributed by atoms with van der Waals surface area (Å²) in [6.07, 6.45) is -2.04. The van der Waals surface area contributed by atoms with E-state index in [1.165, 1.54) is 6.07 Å². The summed E-state index contributed by atoms with van der Waals surface area (Å²) >= 11 is 0. The van der Waals surface area contributed by atoms with Crippen LogP contribution in [0.1, 0.15) is 45.5 Å². The number of H-pyrrole nitrogens is 1. The van der Waals surface area contributed by atoms with E-state index >= 15 is 0 Å². The van der Waals surface area contributed by atoms with Gasteiger partial charge in [0, 0.05) is 43.3 Å². The van der Waals surface area contributed by atoms with E-state index in [9.17, 15) is 22.8 Å². The molecule has 0 unspecified atom stereocenters. The molecule has 2 aromatic carbocycles. The first-order valence-corrected chi connectivity index (χ1v) is 10.6. The summed E-state index contributed by atoms with van der Waals surface area (Å²) < 4.78 is 45.1. The van der Waals surface area contributed by atoms with Crippen molar-refractivity contribution in [2.45, 2.75) is 31.0 Å². The molecule has 1 aromatic heterocycles. The van der Waals surface area contributed by atoms with Crippen molar-refractivity contribution in [3.8, 4) is 17.0 Å². The van der Waals surface area contributed by atoms with E-state index in [-0.39, 0.29) is 29.4 Å². The predicted octanol–water partition coefficient (Wildman–Crippen LogP) is 4.74. The van der Waals surface area contributed by atoms with Gasteiger partial charge in [-0.1, -0.05) is 12.1 Å². The Labute approximate surface area is 187 Å². The van der Waals surface area contributed by atoms with Crippen LogP contribution < -0.4 is 4.74 Å². The van der Waals surface area contributed by atoms with Gasteiger partial charge < -0.3 is 9.64 Å². The van der Waals surface area contributed by atoms with Gasteiger partial charge in [-0.3, -0.25) is 14.7 Å². The van der Waals surface area contributed by atoms with Crippen molar-refractivity contribution in [2.75, 3.05) is 13.1 Å². The van der Waals surface area contributed by atoms with Crippen molar-refractivity contribution in [2.24, 2.45) is 0 Å². The number of ether oxygens (including phenoxy) is 1. The maximum Gasteiger partial charge on any atom is 0.416 e. The lowest BCUT2D eigenvalue weighted by Crippen LogP contribution is -2.52. The van der Waals surface area contributed by atoms with Crippen molar-refractivity contribution in [1.82, 2.24) is 15.1 Å². The third-order valence-corrected chi connectivity index (χ3v) is 6.30. The van der Waals surface area contributed by atoms with E-state index < -0.39 is 17.3 Å². The van der Waals surface area contributed by atoms with Crippen LogP contribution in [0.25, 0.3) is 11.3 Å². The van der Waals surface area contributed by atoms with Gasteiger partial charge in [0.2, 0.25) is 0 Å². The number of ketones is 1. The summed E-state index contributed by atoms with van der Waals surface area (Å²) in [5.41, 5.74) is 0.491. The maximum atomic E-state index is 13.1. The first-order valence-electron chi connectivity index (χ1n) is 10.6. The lowest BCUT2D eigenvalue weighted by Gasteiger charge is -2.44. The van der Waals surface area contributed by atoms with Crippen LogP contribution in [-0.2, 0) is 6.18 Å². The number of rotatable bonds is 2. The number of Topliss-reactive ketones (excluding diaryl/α,β-unsaturated/α-hetero) is 1. The highest BCUT2D eigenvalue weighted by molar-refractivity contribution is 6.00. The molecule has 1 amide bonds. The maximum absolute atomic E-state index is 13.1. The Bertz CT molecular complexity index is 1210. The summed E-state index contributed by atoms with van der Waals surface area (Å²) in [6, 6.07) is 12.1. The smallest absolute Gasteiger partial charge is 0.416 e. The Morgan fingerprint density at radius 2 is 1.88 bits per heavy atom. The van der Waals surface area contributed by atoms with E-state index in [0.29, 0.717) is 31.5 Å². The molecule has 0 atom stereocenters. The van der Waals surface area contributed by atoms with Crippen LogP contribution in [0, 0.1) is 0 Å². The number of carbonyl (C=O) groups is 2. The van der Waals surface area contributed by atoms with Gasteiger partial charge in [0.1, 0.15) is 11.4 Å². The number of benzene rings is 2. The summed E-state index contributed by atoms with van der Waals surface area (Å²) in [5.74, 6) is -0.316. The molecule has 0 saturated carbocycles. The molecule has 2 aliphatic rings. The number of nitrogens with one attached hydrogen (secondary N) is 1. The van der Waals surface area contributed by atoms with Crippen molar-refractivity contribution in [3.05, 3.63) is 71.4 Å². The van der Waals surface area contributed by atoms with Gasteiger partial charge in [0.15, 0.2) is 5.78 Å². The van der Waals surface area contributed by atoms with Gasteiger partial charge >= 0.3 is 6.18 Å². The van der Waals surface area contributed by atoms with Crippen LogP contribution in [-0.4, -0.2) is 45.5 Å². The molecule has 9 heteroatoms. The number of hydrogen-bond donors (Lipinski definition) is 1. The second kappa shape index (κ2) is 7.75. The van der Waals surface area contributed by atoms with Gasteiger partial charge in [-0.25, -0.2) is 0 Å². The number of aromatic amines is 1. The summed E-state index contributed by atoms with van der Waals surface area (Å²) in [6.45, 7) is 0.771. The first-order chi connectivity index (χ1) is 15.7. The summed E-state index contributed by atoms with van der Waals surface area (Å²) in [5, 5.41) is 6.81. The number of hydrogen-bond acceptors (Lipinski definition) is 4. The minimum absolute atomic E-state index is 0.00134. The Morgan fingerprint density at radius 1 is 1.09 bits per heavy atom. The number of halogens is 3. The highest BCUT2D eigenvalue weighted by Gasteiger charge is 2.44. The van der Waals surface area contributed by atoms with E-state index in [1.807, 2.05) is 18.2 Å². The fourth-order valence-electron chi connectivity index (χ4n) is 4.49. The van der Waals surface area contributed by atoms with Gasteiger partial charge in [0.25, 0.3) is 5.91 Å². The van der Waals surface area contributed by atoms with E-state index in [2.05, 4.69) is 10.2 Å². The Balaban J connectivity index is 1.30. The number of piperidine rings is 1. The van der Waals surface area contributed by atoms with Crippen molar-refractivity contribution >= 4 is 11.7 Å². The zero-order chi connectivity index (χ0) is 23.2. The minimum atomic E-state index is -4.52. The van der Waals surface area contributed by atoms with Crippen LogP contribution >= 0.6 is 0 Å². The number of amides is 1. The molecular formula is C24H20F3N3O3. The second-order valence-corrected chi connectivity index (χ2v) is 8.44. The lowest BCUT2D eigenvalue weighted by atomic mass is 9.82. The van der Waals surface area contributed by atoms with Gasteiger partial charge in [-0.15, -0.1) is 0 Å². The molecule has 0 aliphatic carbocycles. The fourth-order valence-corrected chi connectivity index (χ4v) is 4.49. The highest BCUT2D eigenvalue weighted by atomic mass is 19.4. The monoisotopic (exact) mass is 455 g/mol. The Kier molecular flexibility index (Phi) is 4.99. The third kappa shape index (κ3) is 3.99. The van der Waals surface area contributed by atoms with Crippen molar-refractivity contribution in [1.29, 1.82) is 0 Å². The molecule has 3 heterocycles. The molecule has 3 aromatic rings. The molecule has 2 aliphatic heterocycles. The number of fused-ring (bicyclic) bond motifs is 1. The van der Waals surface area contributed by atoms with Gasteiger partial charge in [-0.2, -0.15) is 18.3 Å². The number of alkyl halides is 3. The fraction of sp³-hybridized carbons (Fsp3) is 0.292. The Hall–Kier alpha value is -3.62. The minimum Gasteiger partial charge on any atom is -0.486 e. The number of nitrogens with zero attached hydrogens (tertiary/aromatic N) is 2. The normalized spacial score (nSPS) is 17.5. The lowest BCUT2D eigenvalue weighted by molar-refractivity contribution is -0.137. The SMILES string of the molecule is O=C1CC2(CCN(C(=O)c3cccc(-c4ccn[nH]4)c3)CC2)Oc2ccc(C(F)(F)F)cc21. The average Bonchev–Trinajstić information content (AvgIpc) is 3.33. The first kappa shape index (κ1) is 21.2. The van der Waals surface area contributed by atoms with Crippen molar-refractivity contribution < 1.29 is 27.5 Å². The third-order valence-electron chi connectivity index (χ3n) is 6.30. The molecule has 1 saturated heterocycles. The summed E-state index contributed by atoms with van der Waals surface area (Å²) in [7, 11) is 0. The highest BCUT2D eigenvalue weighted by Crippen LogP contribution is 2.41. The van der Waals surface area contributed by atoms with Gasteiger partial charge in [0.05, 0.1) is 23.2 Å². The van der Waals surface area contributed by atoms with Crippen LogP contribution in [0.4, 0.5) is 13.2 Å². The zero-order valence-electron chi connectivity index (χ0n) is 17.5. The van der Waals surface area contributed by atoms with Crippen LogP contribution in [0.15, 0.2) is 54.7 Å². The molecule has 1 fully saturated rings. The molecule has 0 radical (unpaired) electrons. The summed E-state index contributed by atoms with van der Waals surface area (Å²) in [4.78, 5) is 27.5. The Morgan fingerprint density at radius 3 is 2.58 bits per heavy atom. The molecule has 170 valence electrons. The zero-order valence-corrected chi connectivity index (χ0v) is 17.5. The predicted molar refractivity (Wildman–Crippen MR) is 113 cm³/mol. The second-order valence-electron chi connectivity index (χ2n) is 8.44. The topological polar surface area (TPSA) is 75.3 Å². The number of likely N-dealkylation sites (tertiary alicyclic amines) is 1. The van der Waals surface area contributed by atoms with E-state index in [4.69, 9.17) is 4.74 Å². The van der Waals surface area contributed by atoms with Gasteiger partial charge in [-0.05, 0) is 36.4 Å². The molecule has 0 bridgehead atoms. The largest absolute Gasteiger partial charge is 0.486 e. The molecular weight excluding hydrogens is 435 g/mol. The van der Waals surface area contributed by atoms with Crippen molar-refractivity contribution in [3.63, 3.8) is 0 Å². The van der Waals surface area contributed by atoms with E-state index in [1.54, 1.807) is 23.2 Å². The molecule has 5 rings (SSSR count). The van der Waals surface area contributed by atoms with E-state index in [0.717, 1.165) is 23.4 Å². The molecule has 1 N–H and O–H groups in total. The van der Waals surface area contributed by atoms with Crippen LogP contribution in [0.3, 0.4) is 0 Å². The molecule has 1 spiro atoms. The van der Waals surface area contributed by atoms with Crippen LogP contribution in [0.2, 0.25) is 0 Å².